The van der Waals surface area contributed by atoms with Crippen LogP contribution in [0.2, 0.25) is 0 Å². The number of amides is 2. The number of fused-ring (bicyclic) bond motifs is 2. The Morgan fingerprint density at radius 2 is 1.78 bits per heavy atom. The highest BCUT2D eigenvalue weighted by molar-refractivity contribution is 6.35. The number of anilines is 2. The fourth-order valence-electron chi connectivity index (χ4n) is 4.82. The topological polar surface area (TPSA) is 149 Å². The minimum atomic E-state index is -1.07. The number of aromatic nitrogens is 1. The Labute approximate surface area is 205 Å². The summed E-state index contributed by atoms with van der Waals surface area (Å²) in [5.41, 5.74) is 5.28. The van der Waals surface area contributed by atoms with Gasteiger partial charge in [-0.3, -0.25) is 14.4 Å². The van der Waals surface area contributed by atoms with E-state index in [4.69, 9.17) is 5.11 Å². The van der Waals surface area contributed by atoms with Crippen LogP contribution in [0.25, 0.3) is 11.6 Å². The minimum absolute atomic E-state index is 0.0503. The van der Waals surface area contributed by atoms with Crippen molar-refractivity contribution in [3.63, 3.8) is 0 Å². The fourth-order valence-corrected chi connectivity index (χ4v) is 4.82. The average molecular weight is 485 g/mol. The summed E-state index contributed by atoms with van der Waals surface area (Å²) in [5, 5.41) is 23.9. The maximum Gasteiger partial charge on any atom is 0.335 e. The molecule has 3 aromatic rings. The van der Waals surface area contributed by atoms with Crippen molar-refractivity contribution < 1.29 is 29.4 Å². The first-order valence-electron chi connectivity index (χ1n) is 11.5. The molecular formula is C27H23N3O6. The van der Waals surface area contributed by atoms with Crippen molar-refractivity contribution in [1.29, 1.82) is 0 Å². The number of aromatic carboxylic acids is 1. The predicted molar refractivity (Wildman–Crippen MR) is 133 cm³/mol. The van der Waals surface area contributed by atoms with Gasteiger partial charge in [-0.1, -0.05) is 0 Å². The molecule has 5 rings (SSSR count). The number of carboxylic acid groups (broad SMARTS) is 2. The summed E-state index contributed by atoms with van der Waals surface area (Å²) in [4.78, 5) is 51.0. The molecule has 0 spiro atoms. The molecule has 0 radical (unpaired) electrons. The van der Waals surface area contributed by atoms with Gasteiger partial charge in [-0.05, 0) is 85.4 Å². The summed E-state index contributed by atoms with van der Waals surface area (Å²) in [7, 11) is 0. The van der Waals surface area contributed by atoms with Crippen molar-refractivity contribution in [3.8, 4) is 0 Å². The van der Waals surface area contributed by atoms with Crippen molar-refractivity contribution in [3.05, 3.63) is 82.2 Å². The molecule has 5 N–H and O–H groups in total. The number of hydrogen-bond donors (Lipinski definition) is 5. The summed E-state index contributed by atoms with van der Waals surface area (Å²) >= 11 is 0. The number of benzene rings is 2. The summed E-state index contributed by atoms with van der Waals surface area (Å²) < 4.78 is 0. The highest BCUT2D eigenvalue weighted by Crippen LogP contribution is 2.38. The fraction of sp³-hybridized carbons (Fsp3) is 0.185. The van der Waals surface area contributed by atoms with E-state index < -0.39 is 17.8 Å². The van der Waals surface area contributed by atoms with E-state index in [0.29, 0.717) is 28.1 Å². The van der Waals surface area contributed by atoms with Crippen molar-refractivity contribution >= 4 is 46.8 Å². The number of aliphatic carboxylic acids is 1. The van der Waals surface area contributed by atoms with Crippen LogP contribution in [0.15, 0.2) is 48.5 Å². The molecule has 1 aliphatic heterocycles. The Balaban J connectivity index is 1.40. The van der Waals surface area contributed by atoms with E-state index in [-0.39, 0.29) is 23.8 Å². The second kappa shape index (κ2) is 9.18. The molecule has 0 saturated heterocycles. The van der Waals surface area contributed by atoms with Crippen molar-refractivity contribution in [2.24, 2.45) is 0 Å². The molecule has 9 heteroatoms. The standard InChI is InChI=1S/C27H23N3O6/c31-24(32)10-16-2-1-3-22-19(16)12-18(28-22)13-21-20-11-17(8-9-23(20)30-26(21)34)29-25(33)14-4-6-15(7-5-14)27(35)36/h4-9,11-13,16,28H,1-3,10H2,(H,29,33)(H,30,34)(H,31,32)(H,35,36). The van der Waals surface area contributed by atoms with E-state index in [0.717, 1.165) is 36.2 Å². The minimum Gasteiger partial charge on any atom is -0.481 e. The number of aromatic amines is 1. The lowest BCUT2D eigenvalue weighted by Crippen LogP contribution is -2.12. The first kappa shape index (κ1) is 23.1. The van der Waals surface area contributed by atoms with Crippen LogP contribution < -0.4 is 10.6 Å². The van der Waals surface area contributed by atoms with Gasteiger partial charge in [0, 0.05) is 33.9 Å². The number of hydrogen-bond acceptors (Lipinski definition) is 4. The molecule has 1 atom stereocenters. The third-order valence-electron chi connectivity index (χ3n) is 6.55. The van der Waals surface area contributed by atoms with Crippen LogP contribution in [-0.4, -0.2) is 39.0 Å². The second-order valence-electron chi connectivity index (χ2n) is 8.95. The smallest absolute Gasteiger partial charge is 0.335 e. The van der Waals surface area contributed by atoms with Gasteiger partial charge < -0.3 is 25.8 Å². The van der Waals surface area contributed by atoms with Gasteiger partial charge in [-0.15, -0.1) is 0 Å². The predicted octanol–water partition coefficient (Wildman–Crippen LogP) is 4.35. The van der Waals surface area contributed by atoms with Gasteiger partial charge >= 0.3 is 11.9 Å². The second-order valence-corrected chi connectivity index (χ2v) is 8.95. The molecular weight excluding hydrogens is 462 g/mol. The molecule has 0 saturated carbocycles. The number of aryl methyl sites for hydroxylation is 1. The maximum absolute atomic E-state index is 12.7. The number of carbonyl (C=O) groups excluding carboxylic acids is 2. The maximum atomic E-state index is 12.7. The van der Waals surface area contributed by atoms with Crippen LogP contribution in [0.5, 0.6) is 0 Å². The lowest BCUT2D eigenvalue weighted by atomic mass is 9.85. The number of H-pyrrole nitrogens is 1. The molecule has 9 nitrogen and oxygen atoms in total. The first-order chi connectivity index (χ1) is 17.3. The van der Waals surface area contributed by atoms with Crippen molar-refractivity contribution in [2.75, 3.05) is 10.6 Å². The number of rotatable bonds is 6. The van der Waals surface area contributed by atoms with Crippen molar-refractivity contribution in [1.82, 2.24) is 4.98 Å². The van der Waals surface area contributed by atoms with Gasteiger partial charge in [-0.2, -0.15) is 0 Å². The molecule has 1 aromatic heterocycles. The van der Waals surface area contributed by atoms with Gasteiger partial charge in [0.25, 0.3) is 11.8 Å². The summed E-state index contributed by atoms with van der Waals surface area (Å²) in [5.74, 6) is -2.63. The van der Waals surface area contributed by atoms with E-state index in [9.17, 15) is 24.3 Å². The molecule has 182 valence electrons. The number of carbonyl (C=O) groups is 4. The third-order valence-corrected chi connectivity index (χ3v) is 6.55. The van der Waals surface area contributed by atoms with Gasteiger partial charge in [0.05, 0.1) is 17.6 Å². The molecule has 1 aliphatic carbocycles. The van der Waals surface area contributed by atoms with E-state index in [1.807, 2.05) is 6.07 Å². The van der Waals surface area contributed by atoms with Gasteiger partial charge in [0.1, 0.15) is 0 Å². The van der Waals surface area contributed by atoms with E-state index in [1.165, 1.54) is 24.3 Å². The van der Waals surface area contributed by atoms with Crippen LogP contribution in [0.3, 0.4) is 0 Å². The van der Waals surface area contributed by atoms with Crippen LogP contribution in [0, 0.1) is 0 Å². The Morgan fingerprint density at radius 1 is 1.03 bits per heavy atom. The normalized spacial score (nSPS) is 17.3. The third kappa shape index (κ3) is 4.50. The van der Waals surface area contributed by atoms with E-state index >= 15 is 0 Å². The van der Waals surface area contributed by atoms with Gasteiger partial charge in [-0.25, -0.2) is 4.79 Å². The first-order valence-corrected chi connectivity index (χ1v) is 11.5. The molecule has 2 heterocycles. The van der Waals surface area contributed by atoms with E-state index in [2.05, 4.69) is 15.6 Å². The Morgan fingerprint density at radius 3 is 2.50 bits per heavy atom. The van der Waals surface area contributed by atoms with Crippen LogP contribution in [0.4, 0.5) is 11.4 Å². The molecule has 0 fully saturated rings. The zero-order valence-corrected chi connectivity index (χ0v) is 19.1. The lowest BCUT2D eigenvalue weighted by Gasteiger charge is -2.20. The number of carboxylic acids is 2. The zero-order valence-electron chi connectivity index (χ0n) is 19.1. The quantitative estimate of drug-likeness (QED) is 0.328. The van der Waals surface area contributed by atoms with Crippen molar-refractivity contribution in [2.45, 2.75) is 31.6 Å². The van der Waals surface area contributed by atoms with Crippen LogP contribution in [-0.2, 0) is 16.0 Å². The van der Waals surface area contributed by atoms with E-state index in [1.54, 1.807) is 24.3 Å². The molecule has 2 aliphatic rings. The monoisotopic (exact) mass is 485 g/mol. The summed E-state index contributed by atoms with van der Waals surface area (Å²) in [6.07, 6.45) is 4.38. The highest BCUT2D eigenvalue weighted by atomic mass is 16.4. The lowest BCUT2D eigenvalue weighted by molar-refractivity contribution is -0.137. The zero-order chi connectivity index (χ0) is 25.4. The van der Waals surface area contributed by atoms with Crippen LogP contribution >= 0.6 is 0 Å². The van der Waals surface area contributed by atoms with Gasteiger partial charge in [0.15, 0.2) is 0 Å². The SMILES string of the molecule is O=C(O)CC1CCCc2[nH]c(C=C3C(=O)Nc4ccc(NC(=O)c5ccc(C(=O)O)cc5)cc43)cc21. The number of nitrogens with one attached hydrogen (secondary N) is 3. The summed E-state index contributed by atoms with van der Waals surface area (Å²) in [6, 6.07) is 12.6. The molecule has 36 heavy (non-hydrogen) atoms. The van der Waals surface area contributed by atoms with Gasteiger partial charge in [0.2, 0.25) is 0 Å². The Bertz CT molecular complexity index is 1430. The average Bonchev–Trinajstić information content (AvgIpc) is 3.40. The molecule has 0 bridgehead atoms. The summed E-state index contributed by atoms with van der Waals surface area (Å²) in [6.45, 7) is 0. The Kier molecular flexibility index (Phi) is 5.89. The van der Waals surface area contributed by atoms with Crippen LogP contribution in [0.1, 0.15) is 68.4 Å². The molecule has 2 amide bonds. The highest BCUT2D eigenvalue weighted by Gasteiger charge is 2.27. The largest absolute Gasteiger partial charge is 0.481 e. The Hall–Kier alpha value is -4.66. The molecule has 2 aromatic carbocycles. The molecule has 1 unspecified atom stereocenters.